The Balaban J connectivity index is 1.27. The lowest BCUT2D eigenvalue weighted by molar-refractivity contribution is -0.128. The van der Waals surface area contributed by atoms with Gasteiger partial charge in [-0.05, 0) is 132 Å². The van der Waals surface area contributed by atoms with Crippen LogP contribution in [-0.2, 0) is 9.59 Å². The van der Waals surface area contributed by atoms with Gasteiger partial charge in [0.1, 0.15) is 5.75 Å². The van der Waals surface area contributed by atoms with Gasteiger partial charge in [-0.2, -0.15) is 0 Å². The third-order valence-electron chi connectivity index (χ3n) is 8.21. The van der Waals surface area contributed by atoms with E-state index in [0.717, 1.165) is 44.9 Å². The first kappa shape index (κ1) is 43.9. The average molecular weight is 764 g/mol. The van der Waals surface area contributed by atoms with E-state index in [2.05, 4.69) is 83.6 Å². The standard InChI is InChI=1S/C46H54ClN3O5/c1-4-5-6-7-8-9-10-11-12-13-14-15-16-17-18-19-20-21-42(51)48-34-35-49-44(53)38-24-30-40(31-25-38)50-45(54)46(2,3)55-41-32-26-37(27-33-41)43(52)36-22-28-39(47)29-23-36/h5-6,8-9,11-12,14-15,17-18,22-33H,4,7,10,13,16,19-21,34-35H2,1-3H3,(H,48,51)(H,49,53)(H,50,54). The average Bonchev–Trinajstić information content (AvgIpc) is 3.18. The van der Waals surface area contributed by atoms with Crippen LogP contribution in [0.15, 0.2) is 134 Å². The molecule has 0 aromatic heterocycles. The molecule has 0 fully saturated rings. The number of carbonyl (C=O) groups excluding carboxylic acids is 4. The summed E-state index contributed by atoms with van der Waals surface area (Å²) in [5.74, 6) is -0.442. The first-order valence-corrected chi connectivity index (χ1v) is 19.3. The van der Waals surface area contributed by atoms with Crippen molar-refractivity contribution in [1.29, 1.82) is 0 Å². The molecule has 3 N–H and O–H groups in total. The van der Waals surface area contributed by atoms with Crippen LogP contribution >= 0.6 is 11.6 Å². The van der Waals surface area contributed by atoms with Crippen LogP contribution in [0.25, 0.3) is 0 Å². The SMILES string of the molecule is CCC=CCC=CCC=CCC=CCC=CCCCC(=O)NCCNC(=O)c1ccc(NC(=O)C(C)(C)Oc2ccc(C(=O)c3ccc(Cl)cc3)cc2)cc1. The molecule has 0 spiro atoms. The lowest BCUT2D eigenvalue weighted by atomic mass is 10.0. The lowest BCUT2D eigenvalue weighted by Gasteiger charge is -2.25. The summed E-state index contributed by atoms with van der Waals surface area (Å²) in [6.07, 6.45) is 28.5. The van der Waals surface area contributed by atoms with Crippen LogP contribution in [0, 0.1) is 0 Å². The van der Waals surface area contributed by atoms with Crippen molar-refractivity contribution in [3.05, 3.63) is 155 Å². The summed E-state index contributed by atoms with van der Waals surface area (Å²) >= 11 is 5.92. The molecule has 3 amide bonds. The number of benzene rings is 3. The summed E-state index contributed by atoms with van der Waals surface area (Å²) in [5, 5.41) is 9.01. The zero-order chi connectivity index (χ0) is 39.7. The van der Waals surface area contributed by atoms with E-state index in [4.69, 9.17) is 16.3 Å². The molecule has 290 valence electrons. The molecule has 0 bridgehead atoms. The van der Waals surface area contributed by atoms with Gasteiger partial charge < -0.3 is 20.7 Å². The second-order valence-electron chi connectivity index (χ2n) is 13.2. The minimum Gasteiger partial charge on any atom is -0.478 e. The molecule has 0 aliphatic carbocycles. The second kappa shape index (κ2) is 24.8. The molecule has 0 aliphatic rings. The lowest BCUT2D eigenvalue weighted by Crippen LogP contribution is -2.42. The predicted octanol–water partition coefficient (Wildman–Crippen LogP) is 10.1. The molecule has 0 aliphatic heterocycles. The zero-order valence-corrected chi connectivity index (χ0v) is 32.9. The van der Waals surface area contributed by atoms with Crippen LogP contribution in [0.1, 0.15) is 98.4 Å². The summed E-state index contributed by atoms with van der Waals surface area (Å²) < 4.78 is 5.95. The normalized spacial score (nSPS) is 11.9. The van der Waals surface area contributed by atoms with Crippen LogP contribution in [0.2, 0.25) is 5.02 Å². The van der Waals surface area contributed by atoms with Crippen LogP contribution in [-0.4, -0.2) is 42.2 Å². The number of hydrogen-bond donors (Lipinski definition) is 3. The number of allylic oxidation sites excluding steroid dienone is 10. The van der Waals surface area contributed by atoms with E-state index < -0.39 is 5.60 Å². The van der Waals surface area contributed by atoms with Crippen molar-refractivity contribution in [2.24, 2.45) is 0 Å². The maximum absolute atomic E-state index is 13.1. The monoisotopic (exact) mass is 763 g/mol. The van der Waals surface area contributed by atoms with Gasteiger partial charge >= 0.3 is 0 Å². The van der Waals surface area contributed by atoms with Crippen LogP contribution < -0.4 is 20.7 Å². The Morgan fingerprint density at radius 1 is 0.636 bits per heavy atom. The molecule has 3 rings (SSSR count). The summed E-state index contributed by atoms with van der Waals surface area (Å²) in [6.45, 7) is 6.04. The van der Waals surface area contributed by atoms with E-state index in [0.29, 0.717) is 52.7 Å². The Morgan fingerprint density at radius 2 is 1.13 bits per heavy atom. The highest BCUT2D eigenvalue weighted by molar-refractivity contribution is 6.30. The van der Waals surface area contributed by atoms with Gasteiger partial charge in [0.25, 0.3) is 11.8 Å². The maximum atomic E-state index is 13.1. The van der Waals surface area contributed by atoms with Crippen molar-refractivity contribution in [1.82, 2.24) is 10.6 Å². The van der Waals surface area contributed by atoms with Gasteiger partial charge in [-0.1, -0.05) is 79.3 Å². The van der Waals surface area contributed by atoms with Crippen molar-refractivity contribution in [3.8, 4) is 5.75 Å². The molecular formula is C46H54ClN3O5. The van der Waals surface area contributed by atoms with Crippen molar-refractivity contribution >= 4 is 40.8 Å². The van der Waals surface area contributed by atoms with Gasteiger partial charge in [0, 0.05) is 46.9 Å². The Kier molecular flexibility index (Phi) is 19.8. The number of amides is 3. The quantitative estimate of drug-likeness (QED) is 0.0506. The number of rotatable bonds is 23. The molecule has 8 nitrogen and oxygen atoms in total. The number of hydrogen-bond acceptors (Lipinski definition) is 5. The molecule has 55 heavy (non-hydrogen) atoms. The number of carbonyl (C=O) groups is 4. The number of unbranched alkanes of at least 4 members (excludes halogenated alkanes) is 1. The molecule has 0 atom stereocenters. The van der Waals surface area contributed by atoms with Crippen molar-refractivity contribution in [3.63, 3.8) is 0 Å². The summed E-state index contributed by atoms with van der Waals surface area (Å²) in [7, 11) is 0. The zero-order valence-electron chi connectivity index (χ0n) is 32.2. The largest absolute Gasteiger partial charge is 0.478 e. The maximum Gasteiger partial charge on any atom is 0.267 e. The number of ether oxygens (including phenoxy) is 1. The summed E-state index contributed by atoms with van der Waals surface area (Å²) in [4.78, 5) is 50.6. The van der Waals surface area contributed by atoms with E-state index in [9.17, 15) is 19.2 Å². The Morgan fingerprint density at radius 3 is 1.69 bits per heavy atom. The van der Waals surface area contributed by atoms with Gasteiger partial charge in [-0.25, -0.2) is 0 Å². The van der Waals surface area contributed by atoms with Gasteiger partial charge in [0.15, 0.2) is 11.4 Å². The third kappa shape index (κ3) is 17.5. The molecule has 3 aromatic carbocycles. The van der Waals surface area contributed by atoms with Crippen LogP contribution in [0.4, 0.5) is 5.69 Å². The second-order valence-corrected chi connectivity index (χ2v) is 13.6. The first-order valence-electron chi connectivity index (χ1n) is 18.9. The van der Waals surface area contributed by atoms with Crippen molar-refractivity contribution in [2.45, 2.75) is 77.7 Å². The first-order chi connectivity index (χ1) is 26.6. The van der Waals surface area contributed by atoms with E-state index >= 15 is 0 Å². The van der Waals surface area contributed by atoms with E-state index in [1.54, 1.807) is 86.6 Å². The van der Waals surface area contributed by atoms with Gasteiger partial charge in [-0.15, -0.1) is 0 Å². The number of halogens is 1. The van der Waals surface area contributed by atoms with E-state index in [-0.39, 0.29) is 23.5 Å². The molecule has 0 heterocycles. The fourth-order valence-electron chi connectivity index (χ4n) is 5.09. The smallest absolute Gasteiger partial charge is 0.267 e. The molecule has 0 saturated heterocycles. The topological polar surface area (TPSA) is 114 Å². The highest BCUT2D eigenvalue weighted by atomic mass is 35.5. The van der Waals surface area contributed by atoms with E-state index in [1.807, 2.05) is 0 Å². The molecule has 9 heteroatoms. The van der Waals surface area contributed by atoms with E-state index in [1.165, 1.54) is 0 Å². The van der Waals surface area contributed by atoms with Gasteiger partial charge in [0.05, 0.1) is 0 Å². The number of ketones is 1. The van der Waals surface area contributed by atoms with Crippen molar-refractivity contribution < 1.29 is 23.9 Å². The molecule has 0 unspecified atom stereocenters. The summed E-state index contributed by atoms with van der Waals surface area (Å²) in [6, 6.07) is 19.7. The molecule has 0 saturated carbocycles. The highest BCUT2D eigenvalue weighted by Gasteiger charge is 2.30. The summed E-state index contributed by atoms with van der Waals surface area (Å²) in [5.41, 5.74) is 0.682. The molecule has 0 radical (unpaired) electrons. The number of nitrogens with one attached hydrogen (secondary N) is 3. The predicted molar refractivity (Wildman–Crippen MR) is 225 cm³/mol. The fraction of sp³-hybridized carbons (Fsp3) is 0.304. The minimum atomic E-state index is -1.24. The van der Waals surface area contributed by atoms with Gasteiger partial charge in [0.2, 0.25) is 5.91 Å². The molecular weight excluding hydrogens is 710 g/mol. The van der Waals surface area contributed by atoms with Crippen LogP contribution in [0.3, 0.4) is 0 Å². The highest BCUT2D eigenvalue weighted by Crippen LogP contribution is 2.23. The number of anilines is 1. The Hall–Kier alpha value is -5.47. The molecule has 3 aromatic rings. The fourth-order valence-corrected chi connectivity index (χ4v) is 5.21. The van der Waals surface area contributed by atoms with Crippen molar-refractivity contribution in [2.75, 3.05) is 18.4 Å². The minimum absolute atomic E-state index is 0.0464. The Bertz CT molecular complexity index is 1810. The van der Waals surface area contributed by atoms with Crippen LogP contribution in [0.5, 0.6) is 5.75 Å². The van der Waals surface area contributed by atoms with Gasteiger partial charge in [-0.3, -0.25) is 19.2 Å². The Labute approximate surface area is 331 Å². The third-order valence-corrected chi connectivity index (χ3v) is 8.46.